The number of amides is 1. The number of fused-ring (bicyclic) bond motifs is 1. The number of benzene rings is 1. The van der Waals surface area contributed by atoms with Gasteiger partial charge in [-0.1, -0.05) is 18.2 Å². The monoisotopic (exact) mass is 370 g/mol. The SMILES string of the molecule is O=C(Nc1nc2c(ncn2[C@H]2CNC[C@@H](CO)O2)c(=O)[nH]1)c1ccccc1. The number of carbonyl (C=O) groups excluding carboxylic acids is 1. The Morgan fingerprint density at radius 1 is 1.33 bits per heavy atom. The molecule has 1 amide bonds. The lowest BCUT2D eigenvalue weighted by Gasteiger charge is -2.30. The molecule has 1 aromatic carbocycles. The van der Waals surface area contributed by atoms with Crippen molar-refractivity contribution in [2.24, 2.45) is 0 Å². The summed E-state index contributed by atoms with van der Waals surface area (Å²) >= 11 is 0. The average Bonchev–Trinajstić information content (AvgIpc) is 3.13. The lowest BCUT2D eigenvalue weighted by molar-refractivity contribution is -0.0933. The lowest BCUT2D eigenvalue weighted by atomic mass is 10.2. The number of hydrogen-bond acceptors (Lipinski definition) is 7. The Bertz CT molecular complexity index is 1020. The van der Waals surface area contributed by atoms with Crippen LogP contribution in [-0.4, -0.2) is 56.3 Å². The Hall–Kier alpha value is -3.08. The van der Waals surface area contributed by atoms with Gasteiger partial charge in [0.05, 0.1) is 19.0 Å². The largest absolute Gasteiger partial charge is 0.394 e. The number of anilines is 1. The molecule has 10 nitrogen and oxygen atoms in total. The first kappa shape index (κ1) is 17.3. The molecule has 1 aliphatic rings. The van der Waals surface area contributed by atoms with Gasteiger partial charge in [-0.15, -0.1) is 0 Å². The molecule has 1 fully saturated rings. The van der Waals surface area contributed by atoms with Crippen molar-refractivity contribution in [1.82, 2.24) is 24.8 Å². The molecule has 4 rings (SSSR count). The topological polar surface area (TPSA) is 134 Å². The summed E-state index contributed by atoms with van der Waals surface area (Å²) in [6, 6.07) is 8.61. The summed E-state index contributed by atoms with van der Waals surface area (Å²) in [5.41, 5.74) is 0.402. The Balaban J connectivity index is 1.66. The zero-order chi connectivity index (χ0) is 18.8. The normalized spacial score (nSPS) is 19.9. The average molecular weight is 370 g/mol. The summed E-state index contributed by atoms with van der Waals surface area (Å²) in [6.45, 7) is 0.886. The molecule has 4 N–H and O–H groups in total. The third-order valence-corrected chi connectivity index (χ3v) is 4.25. The van der Waals surface area contributed by atoms with Gasteiger partial charge in [0.25, 0.3) is 11.5 Å². The second kappa shape index (κ2) is 7.27. The minimum Gasteiger partial charge on any atom is -0.394 e. The Morgan fingerprint density at radius 3 is 2.93 bits per heavy atom. The summed E-state index contributed by atoms with van der Waals surface area (Å²) in [6.07, 6.45) is 0.621. The van der Waals surface area contributed by atoms with E-state index >= 15 is 0 Å². The maximum Gasteiger partial charge on any atom is 0.280 e. The third-order valence-electron chi connectivity index (χ3n) is 4.25. The molecule has 0 saturated carbocycles. The molecule has 3 heterocycles. The highest BCUT2D eigenvalue weighted by atomic mass is 16.5. The van der Waals surface area contributed by atoms with E-state index in [1.807, 2.05) is 0 Å². The van der Waals surface area contributed by atoms with Gasteiger partial charge in [-0.25, -0.2) is 4.98 Å². The van der Waals surface area contributed by atoms with Gasteiger partial charge in [-0.3, -0.25) is 24.5 Å². The number of hydrogen-bond donors (Lipinski definition) is 4. The van der Waals surface area contributed by atoms with E-state index in [1.54, 1.807) is 34.9 Å². The summed E-state index contributed by atoms with van der Waals surface area (Å²) in [5.74, 6) is -0.370. The molecule has 3 aromatic rings. The van der Waals surface area contributed by atoms with Crippen LogP contribution in [0.4, 0.5) is 5.95 Å². The molecule has 1 saturated heterocycles. The predicted molar refractivity (Wildman–Crippen MR) is 96.4 cm³/mol. The van der Waals surface area contributed by atoms with E-state index in [0.29, 0.717) is 18.7 Å². The number of aliphatic hydroxyl groups is 1. The van der Waals surface area contributed by atoms with Crippen LogP contribution >= 0.6 is 0 Å². The van der Waals surface area contributed by atoms with Crippen molar-refractivity contribution in [1.29, 1.82) is 0 Å². The number of rotatable bonds is 4. The summed E-state index contributed by atoms with van der Waals surface area (Å²) in [4.78, 5) is 35.6. The molecule has 2 aromatic heterocycles. The second-order valence-electron chi connectivity index (χ2n) is 6.11. The maximum absolute atomic E-state index is 12.3. The van der Waals surface area contributed by atoms with Crippen molar-refractivity contribution < 1.29 is 14.6 Å². The molecule has 0 bridgehead atoms. The number of nitrogens with one attached hydrogen (secondary N) is 3. The van der Waals surface area contributed by atoms with Crippen LogP contribution in [0.15, 0.2) is 41.5 Å². The van der Waals surface area contributed by atoms with Crippen molar-refractivity contribution in [3.63, 3.8) is 0 Å². The van der Waals surface area contributed by atoms with Crippen LogP contribution in [0.2, 0.25) is 0 Å². The number of aliphatic hydroxyl groups excluding tert-OH is 1. The van der Waals surface area contributed by atoms with E-state index in [4.69, 9.17) is 4.74 Å². The van der Waals surface area contributed by atoms with E-state index in [0.717, 1.165) is 0 Å². The Kier molecular flexibility index (Phi) is 4.67. The molecule has 0 aliphatic carbocycles. The first-order valence-electron chi connectivity index (χ1n) is 8.46. The van der Waals surface area contributed by atoms with Gasteiger partial charge in [0.15, 0.2) is 11.2 Å². The van der Waals surface area contributed by atoms with Crippen molar-refractivity contribution in [2.45, 2.75) is 12.3 Å². The van der Waals surface area contributed by atoms with Crippen molar-refractivity contribution in [2.75, 3.05) is 25.0 Å². The quantitative estimate of drug-likeness (QED) is 0.502. The highest BCUT2D eigenvalue weighted by molar-refractivity contribution is 6.03. The van der Waals surface area contributed by atoms with Gasteiger partial charge in [0, 0.05) is 18.7 Å². The minimum atomic E-state index is -0.479. The number of imidazole rings is 1. The van der Waals surface area contributed by atoms with Crippen LogP contribution in [0, 0.1) is 0 Å². The molecular weight excluding hydrogens is 352 g/mol. The molecule has 10 heteroatoms. The Labute approximate surface area is 153 Å². The van der Waals surface area contributed by atoms with Gasteiger partial charge in [0.1, 0.15) is 6.23 Å². The fourth-order valence-corrected chi connectivity index (χ4v) is 2.92. The minimum absolute atomic E-state index is 0.0191. The molecule has 1 aliphatic heterocycles. The van der Waals surface area contributed by atoms with E-state index in [1.165, 1.54) is 6.33 Å². The van der Waals surface area contributed by atoms with Gasteiger partial charge >= 0.3 is 0 Å². The van der Waals surface area contributed by atoms with Gasteiger partial charge < -0.3 is 15.2 Å². The molecule has 2 atom stereocenters. The van der Waals surface area contributed by atoms with Crippen molar-refractivity contribution >= 4 is 23.0 Å². The van der Waals surface area contributed by atoms with Gasteiger partial charge in [0.2, 0.25) is 5.95 Å². The van der Waals surface area contributed by atoms with Crippen molar-refractivity contribution in [3.05, 3.63) is 52.6 Å². The zero-order valence-corrected chi connectivity index (χ0v) is 14.3. The Morgan fingerprint density at radius 2 is 2.15 bits per heavy atom. The number of nitrogens with zero attached hydrogens (tertiary/aromatic N) is 3. The van der Waals surface area contributed by atoms with Crippen molar-refractivity contribution in [3.8, 4) is 0 Å². The van der Waals surface area contributed by atoms with Crippen LogP contribution in [-0.2, 0) is 4.74 Å². The third kappa shape index (κ3) is 3.45. The predicted octanol–water partition coefficient (Wildman–Crippen LogP) is -0.149. The smallest absolute Gasteiger partial charge is 0.280 e. The molecule has 140 valence electrons. The zero-order valence-electron chi connectivity index (χ0n) is 14.3. The highest BCUT2D eigenvalue weighted by Gasteiger charge is 2.25. The number of morpholine rings is 1. The van der Waals surface area contributed by atoms with Crippen LogP contribution in [0.25, 0.3) is 11.2 Å². The molecule has 0 spiro atoms. The first-order valence-corrected chi connectivity index (χ1v) is 8.46. The van der Waals surface area contributed by atoms with Gasteiger partial charge in [-0.05, 0) is 12.1 Å². The number of ether oxygens (including phenoxy) is 1. The molecular formula is C17H18N6O4. The second-order valence-corrected chi connectivity index (χ2v) is 6.11. The number of carbonyl (C=O) groups is 1. The fraction of sp³-hybridized carbons (Fsp3) is 0.294. The molecule has 0 unspecified atom stereocenters. The highest BCUT2D eigenvalue weighted by Crippen LogP contribution is 2.19. The van der Waals surface area contributed by atoms with E-state index < -0.39 is 11.8 Å². The number of aromatic amines is 1. The van der Waals surface area contributed by atoms with Crippen LogP contribution in [0.3, 0.4) is 0 Å². The standard InChI is InChI=1S/C17H18N6O4/c24-8-11-6-18-7-12(27-11)23-9-19-13-14(23)20-17(22-16(13)26)21-15(25)10-4-2-1-3-5-10/h1-5,9,11-12,18,24H,6-8H2,(H2,20,21,22,25,26)/t11-,12+/m0/s1. The van der Waals surface area contributed by atoms with Crippen LogP contribution in [0.1, 0.15) is 16.6 Å². The lowest BCUT2D eigenvalue weighted by Crippen LogP contribution is -2.44. The van der Waals surface area contributed by atoms with E-state index in [-0.39, 0.29) is 35.7 Å². The number of aromatic nitrogens is 4. The first-order chi connectivity index (χ1) is 13.2. The van der Waals surface area contributed by atoms with Gasteiger partial charge in [-0.2, -0.15) is 4.98 Å². The summed E-state index contributed by atoms with van der Waals surface area (Å²) in [5, 5.41) is 15.0. The van der Waals surface area contributed by atoms with Crippen LogP contribution < -0.4 is 16.2 Å². The molecule has 27 heavy (non-hydrogen) atoms. The van der Waals surface area contributed by atoms with E-state index in [2.05, 4.69) is 25.6 Å². The van der Waals surface area contributed by atoms with E-state index in [9.17, 15) is 14.7 Å². The molecule has 0 radical (unpaired) electrons. The maximum atomic E-state index is 12.3. The summed E-state index contributed by atoms with van der Waals surface area (Å²) < 4.78 is 7.40. The number of H-pyrrole nitrogens is 1. The van der Waals surface area contributed by atoms with Crippen LogP contribution in [0.5, 0.6) is 0 Å². The summed E-state index contributed by atoms with van der Waals surface area (Å²) in [7, 11) is 0. The fourth-order valence-electron chi connectivity index (χ4n) is 2.92.